The van der Waals surface area contributed by atoms with E-state index in [0.29, 0.717) is 18.4 Å². The molecular formula is C18H23FN2OS. The lowest BCUT2D eigenvalue weighted by atomic mass is 9.94. The Morgan fingerprint density at radius 2 is 1.96 bits per heavy atom. The lowest BCUT2D eigenvalue weighted by Gasteiger charge is -2.30. The van der Waals surface area contributed by atoms with Crippen molar-refractivity contribution in [3.63, 3.8) is 0 Å². The molecule has 1 heterocycles. The van der Waals surface area contributed by atoms with Gasteiger partial charge in [-0.15, -0.1) is 11.3 Å². The molecule has 124 valence electrons. The molecule has 3 nitrogen and oxygen atoms in total. The molecule has 1 aromatic heterocycles. The maximum atomic E-state index is 12.9. The molecule has 0 N–H and O–H groups in total. The zero-order valence-electron chi connectivity index (χ0n) is 13.5. The van der Waals surface area contributed by atoms with E-state index in [9.17, 15) is 4.39 Å². The maximum Gasteiger partial charge on any atom is 0.140 e. The van der Waals surface area contributed by atoms with Gasteiger partial charge in [0.1, 0.15) is 23.2 Å². The molecule has 2 aromatic rings. The highest BCUT2D eigenvalue weighted by molar-refractivity contribution is 7.09. The molecule has 0 unspecified atom stereocenters. The van der Waals surface area contributed by atoms with E-state index < -0.39 is 0 Å². The smallest absolute Gasteiger partial charge is 0.140 e. The van der Waals surface area contributed by atoms with E-state index in [2.05, 4.69) is 22.3 Å². The minimum absolute atomic E-state index is 0.250. The third-order valence-corrected chi connectivity index (χ3v) is 5.26. The topological polar surface area (TPSA) is 25.4 Å². The summed E-state index contributed by atoms with van der Waals surface area (Å²) in [5.74, 6) is 0.419. The Hall–Kier alpha value is -1.46. The standard InChI is InChI=1S/C18H23FN2OS/c1-21(16-5-3-2-4-6-16)11-15-13-23-18(20-15)12-22-17-9-7-14(19)8-10-17/h7-10,13,16H,2-6,11-12H2,1H3. The van der Waals surface area contributed by atoms with Crippen LogP contribution in [0.25, 0.3) is 0 Å². The number of thiazole rings is 1. The normalized spacial score (nSPS) is 16.0. The van der Waals surface area contributed by atoms with Crippen LogP contribution in [0.4, 0.5) is 4.39 Å². The molecule has 0 aliphatic heterocycles. The Morgan fingerprint density at radius 1 is 1.22 bits per heavy atom. The fourth-order valence-electron chi connectivity index (χ4n) is 3.07. The summed E-state index contributed by atoms with van der Waals surface area (Å²) in [6.45, 7) is 1.33. The summed E-state index contributed by atoms with van der Waals surface area (Å²) in [5, 5.41) is 3.07. The molecule has 3 rings (SSSR count). The fraction of sp³-hybridized carbons (Fsp3) is 0.500. The molecule has 1 aromatic carbocycles. The Kier molecular flexibility index (Phi) is 5.62. The van der Waals surface area contributed by atoms with E-state index in [4.69, 9.17) is 4.74 Å². The Labute approximate surface area is 141 Å². The number of nitrogens with zero attached hydrogens (tertiary/aromatic N) is 2. The first kappa shape index (κ1) is 16.4. The lowest BCUT2D eigenvalue weighted by Crippen LogP contribution is -2.32. The quantitative estimate of drug-likeness (QED) is 0.770. The number of benzene rings is 1. The number of rotatable bonds is 6. The Bertz CT molecular complexity index is 608. The van der Waals surface area contributed by atoms with Crippen LogP contribution in [0.1, 0.15) is 42.8 Å². The van der Waals surface area contributed by atoms with E-state index >= 15 is 0 Å². The van der Waals surface area contributed by atoms with E-state index in [0.717, 1.165) is 17.2 Å². The van der Waals surface area contributed by atoms with Crippen molar-refractivity contribution in [3.8, 4) is 5.75 Å². The SMILES string of the molecule is CN(Cc1csc(COc2ccc(F)cc2)n1)C1CCCCC1. The molecule has 1 saturated carbocycles. The van der Waals surface area contributed by atoms with Gasteiger partial charge in [-0.1, -0.05) is 19.3 Å². The first-order chi connectivity index (χ1) is 11.2. The third kappa shape index (κ3) is 4.75. The second-order valence-corrected chi connectivity index (χ2v) is 7.12. The summed E-state index contributed by atoms with van der Waals surface area (Å²) < 4.78 is 18.5. The Balaban J connectivity index is 1.50. The van der Waals surface area contributed by atoms with Crippen molar-refractivity contribution in [1.29, 1.82) is 0 Å². The molecule has 1 aliphatic carbocycles. The second kappa shape index (κ2) is 7.88. The first-order valence-corrected chi connectivity index (χ1v) is 9.10. The van der Waals surface area contributed by atoms with Crippen molar-refractivity contribution in [1.82, 2.24) is 9.88 Å². The summed E-state index contributed by atoms with van der Waals surface area (Å²) in [7, 11) is 2.20. The largest absolute Gasteiger partial charge is 0.486 e. The van der Waals surface area contributed by atoms with Gasteiger partial charge in [0.05, 0.1) is 5.69 Å². The predicted octanol–water partition coefficient (Wildman–Crippen LogP) is 4.63. The highest BCUT2D eigenvalue weighted by Gasteiger charge is 2.18. The summed E-state index contributed by atoms with van der Waals surface area (Å²) >= 11 is 1.62. The zero-order valence-corrected chi connectivity index (χ0v) is 14.3. The van der Waals surface area contributed by atoms with E-state index in [1.54, 1.807) is 23.5 Å². The van der Waals surface area contributed by atoms with Crippen LogP contribution in [0, 0.1) is 5.82 Å². The summed E-state index contributed by atoms with van der Waals surface area (Å²) in [6, 6.07) is 6.79. The van der Waals surface area contributed by atoms with E-state index in [1.165, 1.54) is 44.2 Å². The monoisotopic (exact) mass is 334 g/mol. The maximum absolute atomic E-state index is 12.9. The van der Waals surface area contributed by atoms with Crippen LogP contribution in [0.3, 0.4) is 0 Å². The molecule has 1 fully saturated rings. The molecule has 0 saturated heterocycles. The number of aromatic nitrogens is 1. The van der Waals surface area contributed by atoms with Gasteiger partial charge in [-0.25, -0.2) is 9.37 Å². The van der Waals surface area contributed by atoms with Crippen LogP contribution >= 0.6 is 11.3 Å². The van der Waals surface area contributed by atoms with Gasteiger partial charge in [0, 0.05) is 18.0 Å². The minimum Gasteiger partial charge on any atom is -0.486 e. The number of hydrogen-bond donors (Lipinski definition) is 0. The molecule has 5 heteroatoms. The second-order valence-electron chi connectivity index (χ2n) is 6.18. The van der Waals surface area contributed by atoms with Crippen LogP contribution in [-0.4, -0.2) is 23.0 Å². The molecule has 0 radical (unpaired) electrons. The van der Waals surface area contributed by atoms with Gasteiger partial charge in [0.25, 0.3) is 0 Å². The highest BCUT2D eigenvalue weighted by atomic mass is 32.1. The van der Waals surface area contributed by atoms with Crippen molar-refractivity contribution in [3.05, 3.63) is 46.2 Å². The van der Waals surface area contributed by atoms with Crippen molar-refractivity contribution in [2.24, 2.45) is 0 Å². The summed E-state index contributed by atoms with van der Waals surface area (Å²) in [5.41, 5.74) is 1.11. The van der Waals surface area contributed by atoms with Gasteiger partial charge in [0.2, 0.25) is 0 Å². The van der Waals surface area contributed by atoms with Gasteiger partial charge >= 0.3 is 0 Å². The third-order valence-electron chi connectivity index (χ3n) is 4.38. The van der Waals surface area contributed by atoms with Gasteiger partial charge in [-0.3, -0.25) is 4.90 Å². The van der Waals surface area contributed by atoms with E-state index in [-0.39, 0.29) is 5.82 Å². The molecule has 0 atom stereocenters. The van der Waals surface area contributed by atoms with Gasteiger partial charge in [0.15, 0.2) is 0 Å². The Morgan fingerprint density at radius 3 is 2.70 bits per heavy atom. The molecular weight excluding hydrogens is 311 g/mol. The van der Waals surface area contributed by atoms with Gasteiger partial charge in [-0.2, -0.15) is 0 Å². The fourth-order valence-corrected chi connectivity index (χ4v) is 3.77. The zero-order chi connectivity index (χ0) is 16.1. The van der Waals surface area contributed by atoms with Crippen LogP contribution in [0.15, 0.2) is 29.6 Å². The summed E-state index contributed by atoms with van der Waals surface area (Å²) in [6.07, 6.45) is 6.69. The lowest BCUT2D eigenvalue weighted by molar-refractivity contribution is 0.183. The molecule has 0 bridgehead atoms. The van der Waals surface area contributed by atoms with Crippen LogP contribution in [-0.2, 0) is 13.2 Å². The van der Waals surface area contributed by atoms with E-state index in [1.807, 2.05) is 0 Å². The molecule has 23 heavy (non-hydrogen) atoms. The molecule has 1 aliphatic rings. The van der Waals surface area contributed by atoms with Crippen molar-refractivity contribution in [2.75, 3.05) is 7.05 Å². The number of halogens is 1. The van der Waals surface area contributed by atoms with Crippen LogP contribution in [0.2, 0.25) is 0 Å². The minimum atomic E-state index is -0.250. The van der Waals surface area contributed by atoms with Crippen molar-refractivity contribution < 1.29 is 9.13 Å². The first-order valence-electron chi connectivity index (χ1n) is 8.22. The number of ether oxygens (including phenoxy) is 1. The van der Waals surface area contributed by atoms with Gasteiger partial charge < -0.3 is 4.74 Å². The molecule has 0 spiro atoms. The van der Waals surface area contributed by atoms with Gasteiger partial charge in [-0.05, 0) is 44.2 Å². The predicted molar refractivity (Wildman–Crippen MR) is 91.2 cm³/mol. The number of hydrogen-bond acceptors (Lipinski definition) is 4. The highest BCUT2D eigenvalue weighted by Crippen LogP contribution is 2.23. The van der Waals surface area contributed by atoms with Crippen molar-refractivity contribution >= 4 is 11.3 Å². The molecule has 0 amide bonds. The van der Waals surface area contributed by atoms with Crippen LogP contribution in [0.5, 0.6) is 5.75 Å². The summed E-state index contributed by atoms with van der Waals surface area (Å²) in [4.78, 5) is 7.08. The average Bonchev–Trinajstić information content (AvgIpc) is 3.02. The average molecular weight is 334 g/mol. The van der Waals surface area contributed by atoms with Crippen molar-refractivity contribution in [2.45, 2.75) is 51.3 Å². The van der Waals surface area contributed by atoms with Crippen LogP contribution < -0.4 is 4.74 Å².